The molecule has 3 rings (SSSR count). The van der Waals surface area contributed by atoms with Crippen molar-refractivity contribution in [2.45, 2.75) is 13.0 Å². The fourth-order valence-corrected chi connectivity index (χ4v) is 3.03. The van der Waals surface area contributed by atoms with Crippen LogP contribution in [0.1, 0.15) is 12.0 Å². The maximum absolute atomic E-state index is 12.9. The van der Waals surface area contributed by atoms with Gasteiger partial charge in [0.05, 0.1) is 0 Å². The summed E-state index contributed by atoms with van der Waals surface area (Å²) in [6.07, 6.45) is 0.454. The predicted molar refractivity (Wildman–Crippen MR) is 113 cm³/mol. The van der Waals surface area contributed by atoms with Gasteiger partial charge in [0.15, 0.2) is 0 Å². The van der Waals surface area contributed by atoms with E-state index in [4.69, 9.17) is 19.8 Å². The zero-order chi connectivity index (χ0) is 22.6. The standard InChI is InChI=1S/C20H24FN3O.C2H2O4/c21-18-6-8-19(9-7-18)22-20(25)10-11-23-12-14-24(15-13-23)16-17-4-2-1-3-5-17;3-1(4)2(5)6/h1-9H,10-16H2,(H,22,25);(H,3,4)(H,5,6). The first kappa shape index (κ1) is 24.0. The van der Waals surface area contributed by atoms with Crippen molar-refractivity contribution in [1.82, 2.24) is 9.80 Å². The van der Waals surface area contributed by atoms with E-state index in [-0.39, 0.29) is 11.7 Å². The van der Waals surface area contributed by atoms with Crippen molar-refractivity contribution in [3.8, 4) is 0 Å². The molecule has 0 saturated carbocycles. The summed E-state index contributed by atoms with van der Waals surface area (Å²) in [5.74, 6) is -3.98. The highest BCUT2D eigenvalue weighted by Crippen LogP contribution is 2.10. The first-order chi connectivity index (χ1) is 14.8. The van der Waals surface area contributed by atoms with Crippen LogP contribution in [0, 0.1) is 5.82 Å². The maximum atomic E-state index is 12.9. The van der Waals surface area contributed by atoms with Gasteiger partial charge in [-0.25, -0.2) is 14.0 Å². The molecule has 1 aliphatic heterocycles. The van der Waals surface area contributed by atoms with E-state index in [1.54, 1.807) is 12.1 Å². The molecule has 1 fully saturated rings. The minimum atomic E-state index is -1.82. The lowest BCUT2D eigenvalue weighted by Crippen LogP contribution is -2.46. The lowest BCUT2D eigenvalue weighted by Gasteiger charge is -2.34. The molecule has 8 nitrogen and oxygen atoms in total. The van der Waals surface area contributed by atoms with Crippen molar-refractivity contribution in [1.29, 1.82) is 0 Å². The van der Waals surface area contributed by atoms with Crippen molar-refractivity contribution in [3.05, 3.63) is 66.0 Å². The molecule has 2 aromatic rings. The van der Waals surface area contributed by atoms with Gasteiger partial charge in [-0.15, -0.1) is 0 Å². The maximum Gasteiger partial charge on any atom is 0.414 e. The molecule has 0 aromatic heterocycles. The van der Waals surface area contributed by atoms with Gasteiger partial charge in [0.2, 0.25) is 5.91 Å². The summed E-state index contributed by atoms with van der Waals surface area (Å²) in [5.41, 5.74) is 1.98. The van der Waals surface area contributed by atoms with Gasteiger partial charge in [0.1, 0.15) is 5.82 Å². The second-order valence-electron chi connectivity index (χ2n) is 7.02. The van der Waals surface area contributed by atoms with E-state index in [1.807, 2.05) is 6.07 Å². The monoisotopic (exact) mass is 431 g/mol. The van der Waals surface area contributed by atoms with Crippen molar-refractivity contribution >= 4 is 23.5 Å². The number of carbonyl (C=O) groups is 3. The van der Waals surface area contributed by atoms with Crippen LogP contribution in [0.15, 0.2) is 54.6 Å². The van der Waals surface area contributed by atoms with Gasteiger partial charge in [-0.2, -0.15) is 0 Å². The Kier molecular flexibility index (Phi) is 9.60. The van der Waals surface area contributed by atoms with Gasteiger partial charge >= 0.3 is 11.9 Å². The molecule has 0 atom stereocenters. The first-order valence-electron chi connectivity index (χ1n) is 9.84. The third-order valence-electron chi connectivity index (χ3n) is 4.68. The van der Waals surface area contributed by atoms with Crippen molar-refractivity contribution in [3.63, 3.8) is 0 Å². The average molecular weight is 431 g/mol. The number of aliphatic carboxylic acids is 2. The number of benzene rings is 2. The normalized spacial score (nSPS) is 14.2. The topological polar surface area (TPSA) is 110 Å². The average Bonchev–Trinajstić information content (AvgIpc) is 2.76. The second kappa shape index (κ2) is 12.4. The van der Waals surface area contributed by atoms with Crippen LogP contribution in [0.3, 0.4) is 0 Å². The molecule has 31 heavy (non-hydrogen) atoms. The quantitative estimate of drug-likeness (QED) is 0.601. The van der Waals surface area contributed by atoms with Crippen LogP contribution >= 0.6 is 0 Å². The molecule has 1 saturated heterocycles. The Morgan fingerprint density at radius 2 is 1.39 bits per heavy atom. The SMILES string of the molecule is O=C(CCN1CCN(Cc2ccccc2)CC1)Nc1ccc(F)cc1.O=C(O)C(=O)O. The van der Waals surface area contributed by atoms with E-state index >= 15 is 0 Å². The van der Waals surface area contributed by atoms with Crippen molar-refractivity contribution in [2.24, 2.45) is 0 Å². The molecule has 0 radical (unpaired) electrons. The minimum absolute atomic E-state index is 0.0293. The van der Waals surface area contributed by atoms with Crippen LogP contribution in [0.5, 0.6) is 0 Å². The lowest BCUT2D eigenvalue weighted by atomic mass is 10.2. The van der Waals surface area contributed by atoms with E-state index in [1.165, 1.54) is 17.7 Å². The summed E-state index contributed by atoms with van der Waals surface area (Å²) in [4.78, 5) is 35.0. The van der Waals surface area contributed by atoms with E-state index in [0.29, 0.717) is 12.1 Å². The number of hydrogen-bond acceptors (Lipinski definition) is 5. The van der Waals surface area contributed by atoms with E-state index in [9.17, 15) is 9.18 Å². The molecule has 0 aliphatic carbocycles. The van der Waals surface area contributed by atoms with Crippen LogP contribution in [0.25, 0.3) is 0 Å². The molecule has 0 unspecified atom stereocenters. The van der Waals surface area contributed by atoms with Gasteiger partial charge < -0.3 is 20.4 Å². The Morgan fingerprint density at radius 3 is 1.94 bits per heavy atom. The Bertz CT molecular complexity index is 841. The molecule has 9 heteroatoms. The predicted octanol–water partition coefficient (Wildman–Crippen LogP) is 2.13. The highest BCUT2D eigenvalue weighted by atomic mass is 19.1. The summed E-state index contributed by atoms with van der Waals surface area (Å²) in [5, 5.41) is 17.6. The van der Waals surface area contributed by atoms with Crippen LogP contribution in [-0.2, 0) is 20.9 Å². The third kappa shape index (κ3) is 9.37. The molecule has 1 amide bonds. The second-order valence-corrected chi connectivity index (χ2v) is 7.02. The number of hydrogen-bond donors (Lipinski definition) is 3. The van der Waals surface area contributed by atoms with E-state index in [2.05, 4.69) is 39.4 Å². The van der Waals surface area contributed by atoms with Crippen molar-refractivity contribution < 1.29 is 29.0 Å². The zero-order valence-corrected chi connectivity index (χ0v) is 17.0. The van der Waals surface area contributed by atoms with E-state index in [0.717, 1.165) is 39.3 Å². The minimum Gasteiger partial charge on any atom is -0.473 e. The summed E-state index contributed by atoms with van der Waals surface area (Å²) < 4.78 is 12.9. The van der Waals surface area contributed by atoms with Gasteiger partial charge in [-0.1, -0.05) is 30.3 Å². The van der Waals surface area contributed by atoms with Gasteiger partial charge in [-0.3, -0.25) is 9.69 Å². The highest BCUT2D eigenvalue weighted by molar-refractivity contribution is 6.27. The number of halogens is 1. The lowest BCUT2D eigenvalue weighted by molar-refractivity contribution is -0.159. The van der Waals surface area contributed by atoms with E-state index < -0.39 is 11.9 Å². The Morgan fingerprint density at radius 1 is 0.839 bits per heavy atom. The molecule has 1 aliphatic rings. The number of carboxylic acids is 2. The number of rotatable bonds is 6. The van der Waals surface area contributed by atoms with Gasteiger partial charge in [0, 0.05) is 51.4 Å². The Labute approximate surface area is 179 Å². The summed E-state index contributed by atoms with van der Waals surface area (Å²) in [7, 11) is 0. The molecule has 166 valence electrons. The zero-order valence-electron chi connectivity index (χ0n) is 17.0. The van der Waals surface area contributed by atoms with Gasteiger partial charge in [0.25, 0.3) is 0 Å². The summed E-state index contributed by atoms with van der Waals surface area (Å²) in [6, 6.07) is 16.4. The number of amides is 1. The summed E-state index contributed by atoms with van der Waals surface area (Å²) in [6.45, 7) is 5.75. The first-order valence-corrected chi connectivity index (χ1v) is 9.84. The molecular weight excluding hydrogens is 405 g/mol. The molecule has 0 spiro atoms. The highest BCUT2D eigenvalue weighted by Gasteiger charge is 2.17. The molecular formula is C22H26FN3O5. The van der Waals surface area contributed by atoms with Crippen LogP contribution in [0.2, 0.25) is 0 Å². The largest absolute Gasteiger partial charge is 0.473 e. The number of anilines is 1. The van der Waals surface area contributed by atoms with Crippen LogP contribution < -0.4 is 5.32 Å². The number of carboxylic acid groups (broad SMARTS) is 2. The fourth-order valence-electron chi connectivity index (χ4n) is 3.03. The van der Waals surface area contributed by atoms with Crippen molar-refractivity contribution in [2.75, 3.05) is 38.0 Å². The number of nitrogens with one attached hydrogen (secondary N) is 1. The smallest absolute Gasteiger partial charge is 0.414 e. The van der Waals surface area contributed by atoms with Gasteiger partial charge in [-0.05, 0) is 29.8 Å². The molecule has 1 heterocycles. The summed E-state index contributed by atoms with van der Waals surface area (Å²) >= 11 is 0. The fraction of sp³-hybridized carbons (Fsp3) is 0.318. The number of carbonyl (C=O) groups excluding carboxylic acids is 1. The number of nitrogens with zero attached hydrogens (tertiary/aromatic N) is 2. The third-order valence-corrected chi connectivity index (χ3v) is 4.68. The Balaban J connectivity index is 0.000000501. The number of piperazine rings is 1. The molecule has 0 bridgehead atoms. The van der Waals surface area contributed by atoms with Crippen LogP contribution in [-0.4, -0.2) is 70.6 Å². The Hall–Kier alpha value is -3.30. The molecule has 3 N–H and O–H groups in total. The van der Waals surface area contributed by atoms with Crippen LogP contribution in [0.4, 0.5) is 10.1 Å². The molecule has 2 aromatic carbocycles.